The van der Waals surface area contributed by atoms with E-state index in [0.717, 1.165) is 0 Å². The molecule has 2 heterocycles. The minimum absolute atomic E-state index is 0.0899. The first-order valence-corrected chi connectivity index (χ1v) is 5.92. The highest BCUT2D eigenvalue weighted by molar-refractivity contribution is 14.1. The van der Waals surface area contributed by atoms with Gasteiger partial charge in [0, 0.05) is 0 Å². The standard InChI is InChI=1S/C6H8I2O3/c7-3-4(8)6-10-1-2(11-6)5(3)9/h2-6,9H,1H2/t2-,3?,4+,5-,6?/m1/s1. The van der Waals surface area contributed by atoms with Crippen LogP contribution >= 0.6 is 45.2 Å². The Hall–Kier alpha value is 1.34. The molecule has 0 aliphatic carbocycles. The van der Waals surface area contributed by atoms with Gasteiger partial charge < -0.3 is 14.6 Å². The summed E-state index contributed by atoms with van der Waals surface area (Å²) < 4.78 is 11.3. The number of hydrogen-bond donors (Lipinski definition) is 1. The molecular formula is C6H8I2O3. The van der Waals surface area contributed by atoms with Gasteiger partial charge >= 0.3 is 0 Å². The highest BCUT2D eigenvalue weighted by Gasteiger charge is 2.47. The van der Waals surface area contributed by atoms with Gasteiger partial charge in [-0.25, -0.2) is 0 Å². The van der Waals surface area contributed by atoms with Crippen LogP contribution in [0, 0.1) is 0 Å². The van der Waals surface area contributed by atoms with Crippen LogP contribution in [0.5, 0.6) is 0 Å². The van der Waals surface area contributed by atoms with Gasteiger partial charge in [0.05, 0.1) is 20.6 Å². The highest BCUT2D eigenvalue weighted by Crippen LogP contribution is 2.36. The van der Waals surface area contributed by atoms with E-state index in [4.69, 9.17) is 9.47 Å². The summed E-state index contributed by atoms with van der Waals surface area (Å²) in [5.74, 6) is 0. The molecule has 0 aromatic carbocycles. The van der Waals surface area contributed by atoms with Crippen molar-refractivity contribution in [3.63, 3.8) is 0 Å². The SMILES string of the molecule is O[C@H]1C(I)[C@H](I)C2OC[C@H]1O2. The van der Waals surface area contributed by atoms with E-state index in [0.29, 0.717) is 6.61 Å². The maximum atomic E-state index is 9.62. The summed E-state index contributed by atoms with van der Waals surface area (Å²) in [5.41, 5.74) is 0. The van der Waals surface area contributed by atoms with Crippen molar-refractivity contribution in [2.45, 2.75) is 26.3 Å². The molecule has 11 heavy (non-hydrogen) atoms. The molecule has 2 rings (SSSR count). The van der Waals surface area contributed by atoms with Crippen molar-refractivity contribution in [1.29, 1.82) is 0 Å². The largest absolute Gasteiger partial charge is 0.389 e. The summed E-state index contributed by atoms with van der Waals surface area (Å²) in [5, 5.41) is 9.62. The second-order valence-electron chi connectivity index (χ2n) is 2.76. The molecule has 0 amide bonds. The molecule has 2 unspecified atom stereocenters. The topological polar surface area (TPSA) is 38.7 Å². The Morgan fingerprint density at radius 1 is 1.27 bits per heavy atom. The van der Waals surface area contributed by atoms with Crippen molar-refractivity contribution in [2.75, 3.05) is 6.61 Å². The predicted octanol–water partition coefficient (Wildman–Crippen LogP) is 0.710. The molecular weight excluding hydrogens is 374 g/mol. The fourth-order valence-electron chi connectivity index (χ4n) is 1.33. The number of halogens is 2. The summed E-state index contributed by atoms with van der Waals surface area (Å²) in [7, 11) is 0. The van der Waals surface area contributed by atoms with E-state index >= 15 is 0 Å². The van der Waals surface area contributed by atoms with Crippen LogP contribution in [0.3, 0.4) is 0 Å². The number of fused-ring (bicyclic) bond motifs is 2. The number of ether oxygens (including phenoxy) is 2. The van der Waals surface area contributed by atoms with Gasteiger partial charge in [-0.05, 0) is 0 Å². The molecule has 2 aliphatic heterocycles. The molecule has 0 aromatic rings. The van der Waals surface area contributed by atoms with Crippen LogP contribution in [0.4, 0.5) is 0 Å². The van der Waals surface area contributed by atoms with Crippen LogP contribution in [0.15, 0.2) is 0 Å². The monoisotopic (exact) mass is 382 g/mol. The molecule has 2 saturated heterocycles. The molecule has 2 bridgehead atoms. The lowest BCUT2D eigenvalue weighted by Crippen LogP contribution is -2.48. The van der Waals surface area contributed by atoms with Gasteiger partial charge in [-0.15, -0.1) is 0 Å². The second-order valence-corrected chi connectivity index (χ2v) is 5.63. The van der Waals surface area contributed by atoms with Crippen LogP contribution in [0.1, 0.15) is 0 Å². The molecule has 1 N–H and O–H groups in total. The third-order valence-electron chi connectivity index (χ3n) is 2.01. The smallest absolute Gasteiger partial charge is 0.171 e. The van der Waals surface area contributed by atoms with Crippen LogP contribution in [0.2, 0.25) is 0 Å². The van der Waals surface area contributed by atoms with E-state index in [9.17, 15) is 5.11 Å². The minimum atomic E-state index is -0.365. The molecule has 0 saturated carbocycles. The number of hydrogen-bond acceptors (Lipinski definition) is 3. The first-order chi connectivity index (χ1) is 5.20. The Labute approximate surface area is 92.1 Å². The lowest BCUT2D eigenvalue weighted by Gasteiger charge is -2.32. The summed E-state index contributed by atoms with van der Waals surface area (Å²) in [6.07, 6.45) is -0.546. The average Bonchev–Trinajstić information content (AvgIpc) is 2.44. The van der Waals surface area contributed by atoms with E-state index in [-0.39, 0.29) is 26.3 Å². The molecule has 5 heteroatoms. The van der Waals surface area contributed by atoms with E-state index in [1.807, 2.05) is 0 Å². The van der Waals surface area contributed by atoms with E-state index in [2.05, 4.69) is 45.2 Å². The lowest BCUT2D eigenvalue weighted by molar-refractivity contribution is -0.105. The number of rotatable bonds is 0. The number of aliphatic hydroxyl groups excluding tert-OH is 1. The molecule has 64 valence electrons. The third-order valence-corrected chi connectivity index (χ3v) is 6.25. The van der Waals surface area contributed by atoms with Crippen molar-refractivity contribution >= 4 is 45.2 Å². The van der Waals surface area contributed by atoms with Gasteiger partial charge in [-0.2, -0.15) is 0 Å². The van der Waals surface area contributed by atoms with Crippen LogP contribution in [-0.2, 0) is 9.47 Å². The third kappa shape index (κ3) is 1.43. The molecule has 2 aliphatic rings. The summed E-state index contributed by atoms with van der Waals surface area (Å²) in [6, 6.07) is 0. The second kappa shape index (κ2) is 3.24. The maximum Gasteiger partial charge on any atom is 0.171 e. The molecule has 0 aromatic heterocycles. The average molecular weight is 382 g/mol. The van der Waals surface area contributed by atoms with Crippen LogP contribution in [-0.4, -0.2) is 38.1 Å². The Morgan fingerprint density at radius 3 is 2.73 bits per heavy atom. The zero-order valence-corrected chi connectivity index (χ0v) is 9.93. The fourth-order valence-corrected chi connectivity index (χ4v) is 2.93. The van der Waals surface area contributed by atoms with Crippen molar-refractivity contribution in [1.82, 2.24) is 0 Å². The van der Waals surface area contributed by atoms with Gasteiger partial charge in [-0.1, -0.05) is 45.2 Å². The van der Waals surface area contributed by atoms with Crippen molar-refractivity contribution in [2.24, 2.45) is 0 Å². The molecule has 0 spiro atoms. The van der Waals surface area contributed by atoms with E-state index < -0.39 is 0 Å². The normalized spacial score (nSPS) is 56.5. The highest BCUT2D eigenvalue weighted by atomic mass is 127. The van der Waals surface area contributed by atoms with Crippen molar-refractivity contribution in [3.05, 3.63) is 0 Å². The van der Waals surface area contributed by atoms with Gasteiger partial charge in [0.15, 0.2) is 6.29 Å². The van der Waals surface area contributed by atoms with E-state index in [1.165, 1.54) is 0 Å². The minimum Gasteiger partial charge on any atom is -0.389 e. The lowest BCUT2D eigenvalue weighted by atomic mass is 10.1. The fraction of sp³-hybridized carbons (Fsp3) is 1.00. The van der Waals surface area contributed by atoms with E-state index in [1.54, 1.807) is 0 Å². The van der Waals surface area contributed by atoms with Gasteiger partial charge in [0.2, 0.25) is 0 Å². The van der Waals surface area contributed by atoms with Crippen molar-refractivity contribution < 1.29 is 14.6 Å². The van der Waals surface area contributed by atoms with Gasteiger partial charge in [0.1, 0.15) is 6.10 Å². The molecule has 2 fully saturated rings. The summed E-state index contributed by atoms with van der Waals surface area (Å²) in [6.45, 7) is 0.546. The van der Waals surface area contributed by atoms with Crippen molar-refractivity contribution in [3.8, 4) is 0 Å². The molecule has 0 radical (unpaired) electrons. The van der Waals surface area contributed by atoms with Crippen LogP contribution in [0.25, 0.3) is 0 Å². The quantitative estimate of drug-likeness (QED) is 0.496. The Balaban J connectivity index is 2.16. The zero-order valence-electron chi connectivity index (χ0n) is 5.61. The Kier molecular flexibility index (Phi) is 2.63. The molecule has 3 nitrogen and oxygen atoms in total. The first-order valence-electron chi connectivity index (χ1n) is 3.43. The maximum absolute atomic E-state index is 9.62. The Morgan fingerprint density at radius 2 is 2.00 bits per heavy atom. The van der Waals surface area contributed by atoms with Gasteiger partial charge in [0.25, 0.3) is 0 Å². The zero-order chi connectivity index (χ0) is 8.01. The Bertz CT molecular complexity index is 146. The van der Waals surface area contributed by atoms with Gasteiger partial charge in [-0.3, -0.25) is 0 Å². The van der Waals surface area contributed by atoms with Crippen LogP contribution < -0.4 is 0 Å². The summed E-state index contributed by atoms with van der Waals surface area (Å²) in [4.78, 5) is 0. The predicted molar refractivity (Wildman–Crippen MR) is 56.2 cm³/mol. The number of alkyl halides is 2. The molecule has 5 atom stereocenters. The first kappa shape index (κ1) is 8.92. The summed E-state index contributed by atoms with van der Waals surface area (Å²) >= 11 is 4.53. The number of aliphatic hydroxyl groups is 1.